The second-order valence-electron chi connectivity index (χ2n) is 5.40. The Morgan fingerprint density at radius 2 is 2.12 bits per heavy atom. The largest absolute Gasteiger partial charge is 0.479 e. The van der Waals surface area contributed by atoms with E-state index in [2.05, 4.69) is 5.32 Å². The number of carbonyl (C=O) groups excluding carboxylic acids is 1. The van der Waals surface area contributed by atoms with Crippen molar-refractivity contribution in [3.05, 3.63) is 0 Å². The molecule has 0 aromatic rings. The molecular formula is C12H19NO4. The number of ether oxygens (including phenoxy) is 1. The molecule has 0 saturated heterocycles. The van der Waals surface area contributed by atoms with Crippen molar-refractivity contribution in [1.82, 2.24) is 5.32 Å². The van der Waals surface area contributed by atoms with Crippen LogP contribution in [0.1, 0.15) is 26.2 Å². The maximum atomic E-state index is 11.9. The van der Waals surface area contributed by atoms with Crippen LogP contribution in [0.25, 0.3) is 0 Å². The lowest BCUT2D eigenvalue weighted by molar-refractivity contribution is -0.149. The smallest absolute Gasteiger partial charge is 0.331 e. The van der Waals surface area contributed by atoms with E-state index in [1.54, 1.807) is 0 Å². The number of hydrogen-bond donors (Lipinski definition) is 2. The van der Waals surface area contributed by atoms with Gasteiger partial charge in [-0.05, 0) is 38.0 Å². The Kier molecular flexibility index (Phi) is 3.12. The van der Waals surface area contributed by atoms with E-state index < -0.39 is 11.5 Å². The zero-order valence-electron chi connectivity index (χ0n) is 10.2. The van der Waals surface area contributed by atoms with E-state index in [1.807, 2.05) is 0 Å². The summed E-state index contributed by atoms with van der Waals surface area (Å²) in [5.74, 6) is 0.0399. The lowest BCUT2D eigenvalue weighted by atomic mass is 10.0. The summed E-state index contributed by atoms with van der Waals surface area (Å²) in [4.78, 5) is 23.0. The lowest BCUT2D eigenvalue weighted by Crippen LogP contribution is -2.55. The number of carbonyl (C=O) groups is 2. The third-order valence-electron chi connectivity index (χ3n) is 3.71. The number of rotatable bonds is 6. The maximum Gasteiger partial charge on any atom is 0.331 e. The van der Waals surface area contributed by atoms with Crippen molar-refractivity contribution in [3.63, 3.8) is 0 Å². The Labute approximate surface area is 101 Å². The van der Waals surface area contributed by atoms with Gasteiger partial charge in [0, 0.05) is 13.0 Å². The van der Waals surface area contributed by atoms with Crippen LogP contribution in [0.3, 0.4) is 0 Å². The van der Waals surface area contributed by atoms with Gasteiger partial charge in [-0.1, -0.05) is 0 Å². The number of nitrogens with one attached hydrogen (secondary N) is 1. The van der Waals surface area contributed by atoms with Crippen LogP contribution in [-0.4, -0.2) is 36.2 Å². The van der Waals surface area contributed by atoms with Gasteiger partial charge in [0.05, 0.1) is 6.61 Å². The van der Waals surface area contributed by atoms with E-state index in [1.165, 1.54) is 26.9 Å². The van der Waals surface area contributed by atoms with E-state index in [9.17, 15) is 9.59 Å². The summed E-state index contributed by atoms with van der Waals surface area (Å²) < 4.78 is 4.86. The summed E-state index contributed by atoms with van der Waals surface area (Å²) in [7, 11) is 1.43. The summed E-state index contributed by atoms with van der Waals surface area (Å²) in [6.07, 6.45) is 3.37. The molecule has 0 heterocycles. The van der Waals surface area contributed by atoms with Gasteiger partial charge >= 0.3 is 5.97 Å². The highest BCUT2D eigenvalue weighted by atomic mass is 16.5. The molecule has 0 unspecified atom stereocenters. The summed E-state index contributed by atoms with van der Waals surface area (Å²) in [6.45, 7) is 1.46. The third kappa shape index (κ3) is 2.60. The van der Waals surface area contributed by atoms with Crippen LogP contribution >= 0.6 is 0 Å². The molecule has 2 N–H and O–H groups in total. The number of hydrogen-bond acceptors (Lipinski definition) is 3. The van der Waals surface area contributed by atoms with Crippen molar-refractivity contribution in [1.29, 1.82) is 0 Å². The minimum atomic E-state index is -1.32. The maximum absolute atomic E-state index is 11.9. The van der Waals surface area contributed by atoms with Crippen LogP contribution in [0.15, 0.2) is 0 Å². The summed E-state index contributed by atoms with van der Waals surface area (Å²) >= 11 is 0. The molecule has 1 amide bonds. The predicted molar refractivity (Wildman–Crippen MR) is 60.4 cm³/mol. The molecule has 3 atom stereocenters. The molecule has 0 aromatic heterocycles. The molecule has 2 aliphatic carbocycles. The van der Waals surface area contributed by atoms with Crippen molar-refractivity contribution in [2.75, 3.05) is 13.7 Å². The molecule has 2 rings (SSSR count). The SMILES string of the molecule is COC[C@](C)(NC(=O)[C@H]1C[C@H]1C1CC1)C(=O)O. The Morgan fingerprint density at radius 3 is 2.59 bits per heavy atom. The summed E-state index contributed by atoms with van der Waals surface area (Å²) in [5, 5.41) is 11.7. The fraction of sp³-hybridized carbons (Fsp3) is 0.833. The minimum absolute atomic E-state index is 0.0190. The highest BCUT2D eigenvalue weighted by Crippen LogP contribution is 2.54. The van der Waals surface area contributed by atoms with Gasteiger partial charge < -0.3 is 15.2 Å². The molecule has 2 saturated carbocycles. The van der Waals surface area contributed by atoms with Gasteiger partial charge in [-0.2, -0.15) is 0 Å². The minimum Gasteiger partial charge on any atom is -0.479 e. The first-order chi connectivity index (χ1) is 7.98. The first-order valence-corrected chi connectivity index (χ1v) is 6.02. The van der Waals surface area contributed by atoms with Gasteiger partial charge in [-0.25, -0.2) is 4.79 Å². The fourth-order valence-electron chi connectivity index (χ4n) is 2.37. The van der Waals surface area contributed by atoms with Gasteiger partial charge in [0.25, 0.3) is 0 Å². The van der Waals surface area contributed by atoms with Gasteiger partial charge in [-0.3, -0.25) is 4.79 Å². The normalized spacial score (nSPS) is 30.5. The zero-order valence-corrected chi connectivity index (χ0v) is 10.2. The third-order valence-corrected chi connectivity index (χ3v) is 3.71. The standard InChI is InChI=1S/C12H19NO4/c1-12(6-17-2,11(15)16)13-10(14)9-5-8(9)7-3-4-7/h7-9H,3-6H2,1-2H3,(H,13,14)(H,15,16)/t8-,9-,12-/m0/s1. The number of methoxy groups -OCH3 is 1. The van der Waals surface area contributed by atoms with Gasteiger partial charge in [0.15, 0.2) is 5.54 Å². The van der Waals surface area contributed by atoms with Crippen LogP contribution in [0.5, 0.6) is 0 Å². The van der Waals surface area contributed by atoms with Crippen molar-refractivity contribution in [2.24, 2.45) is 17.8 Å². The van der Waals surface area contributed by atoms with E-state index >= 15 is 0 Å². The van der Waals surface area contributed by atoms with Crippen LogP contribution in [0, 0.1) is 17.8 Å². The average molecular weight is 241 g/mol. The van der Waals surface area contributed by atoms with Crippen LogP contribution in [0.2, 0.25) is 0 Å². The molecule has 0 aromatic carbocycles. The Hall–Kier alpha value is -1.10. The first kappa shape index (κ1) is 12.4. The Bertz CT molecular complexity index is 339. The zero-order chi connectivity index (χ0) is 12.6. The number of carboxylic acid groups (broad SMARTS) is 1. The number of carboxylic acids is 1. The molecule has 2 fully saturated rings. The van der Waals surface area contributed by atoms with Crippen molar-refractivity contribution >= 4 is 11.9 Å². The highest BCUT2D eigenvalue weighted by Gasteiger charge is 2.52. The van der Waals surface area contributed by atoms with Gasteiger partial charge in [-0.15, -0.1) is 0 Å². The van der Waals surface area contributed by atoms with E-state index in [-0.39, 0.29) is 18.4 Å². The fourth-order valence-corrected chi connectivity index (χ4v) is 2.37. The second kappa shape index (κ2) is 4.29. The molecule has 5 heteroatoms. The van der Waals surface area contributed by atoms with Crippen molar-refractivity contribution < 1.29 is 19.4 Å². The highest BCUT2D eigenvalue weighted by molar-refractivity contribution is 5.89. The monoisotopic (exact) mass is 241 g/mol. The topological polar surface area (TPSA) is 75.6 Å². The molecule has 96 valence electrons. The molecule has 17 heavy (non-hydrogen) atoms. The number of aliphatic carboxylic acids is 1. The van der Waals surface area contributed by atoms with E-state index in [0.717, 1.165) is 6.42 Å². The molecule has 2 aliphatic rings. The van der Waals surface area contributed by atoms with E-state index in [4.69, 9.17) is 9.84 Å². The molecule has 0 spiro atoms. The average Bonchev–Trinajstić information content (AvgIpc) is 3.10. The van der Waals surface area contributed by atoms with Crippen molar-refractivity contribution in [3.8, 4) is 0 Å². The van der Waals surface area contributed by atoms with E-state index in [0.29, 0.717) is 11.8 Å². The van der Waals surface area contributed by atoms with Crippen LogP contribution < -0.4 is 5.32 Å². The van der Waals surface area contributed by atoms with Gasteiger partial charge in [0.1, 0.15) is 0 Å². The Balaban J connectivity index is 1.89. The summed E-state index contributed by atoms with van der Waals surface area (Å²) in [5.41, 5.74) is -1.32. The number of amides is 1. The molecule has 0 radical (unpaired) electrons. The molecular weight excluding hydrogens is 222 g/mol. The Morgan fingerprint density at radius 1 is 1.47 bits per heavy atom. The molecule has 5 nitrogen and oxygen atoms in total. The molecule has 0 bridgehead atoms. The van der Waals surface area contributed by atoms with Gasteiger partial charge in [0.2, 0.25) is 5.91 Å². The predicted octanol–water partition coefficient (Wildman–Crippen LogP) is 0.638. The van der Waals surface area contributed by atoms with Crippen LogP contribution in [-0.2, 0) is 14.3 Å². The quantitative estimate of drug-likeness (QED) is 0.715. The van der Waals surface area contributed by atoms with Crippen LogP contribution in [0.4, 0.5) is 0 Å². The first-order valence-electron chi connectivity index (χ1n) is 6.02. The second-order valence-corrected chi connectivity index (χ2v) is 5.40. The molecule has 0 aliphatic heterocycles. The summed E-state index contributed by atoms with van der Waals surface area (Å²) in [6, 6.07) is 0. The lowest BCUT2D eigenvalue weighted by Gasteiger charge is -2.25. The van der Waals surface area contributed by atoms with Crippen molar-refractivity contribution in [2.45, 2.75) is 31.7 Å².